The minimum Gasteiger partial charge on any atom is -0.497 e. The van der Waals surface area contributed by atoms with Crippen LogP contribution in [-0.4, -0.2) is 69.2 Å². The number of carbonyl (C=O) groups is 1. The van der Waals surface area contributed by atoms with Crippen molar-refractivity contribution in [1.82, 2.24) is 9.80 Å². The number of hydrogen-bond donors (Lipinski definition) is 0. The number of ether oxygens (including phenoxy) is 2. The van der Waals surface area contributed by atoms with Gasteiger partial charge in [-0.05, 0) is 55.9 Å². The van der Waals surface area contributed by atoms with E-state index in [9.17, 15) is 4.79 Å². The maximum atomic E-state index is 13.2. The quantitative estimate of drug-likeness (QED) is 0.685. The molecule has 1 saturated heterocycles. The van der Waals surface area contributed by atoms with E-state index in [0.717, 1.165) is 48.9 Å². The van der Waals surface area contributed by atoms with Crippen molar-refractivity contribution < 1.29 is 14.3 Å². The first-order valence-electron chi connectivity index (χ1n) is 10.2. The van der Waals surface area contributed by atoms with Crippen LogP contribution in [0.5, 0.6) is 11.5 Å². The van der Waals surface area contributed by atoms with Gasteiger partial charge >= 0.3 is 0 Å². The number of carbonyl (C=O) groups excluding carboxylic acids is 1. The summed E-state index contributed by atoms with van der Waals surface area (Å²) in [6.07, 6.45) is 0. The molecule has 1 amide bonds. The van der Waals surface area contributed by atoms with Crippen molar-refractivity contribution in [3.05, 3.63) is 54.1 Å². The summed E-state index contributed by atoms with van der Waals surface area (Å²) in [6, 6.07) is 15.6. The van der Waals surface area contributed by atoms with Crippen LogP contribution in [0.25, 0.3) is 0 Å². The van der Waals surface area contributed by atoms with Gasteiger partial charge in [-0.2, -0.15) is 0 Å². The number of anilines is 1. The highest BCUT2D eigenvalue weighted by Crippen LogP contribution is 2.23. The van der Waals surface area contributed by atoms with Gasteiger partial charge in [0.1, 0.15) is 11.5 Å². The van der Waals surface area contributed by atoms with Crippen LogP contribution in [0, 0.1) is 0 Å². The molecule has 0 atom stereocenters. The lowest BCUT2D eigenvalue weighted by Crippen LogP contribution is -2.48. The third kappa shape index (κ3) is 5.95. The number of piperazine rings is 1. The van der Waals surface area contributed by atoms with Crippen molar-refractivity contribution >= 4 is 11.6 Å². The van der Waals surface area contributed by atoms with E-state index in [1.807, 2.05) is 60.4 Å². The predicted molar refractivity (Wildman–Crippen MR) is 116 cm³/mol. The van der Waals surface area contributed by atoms with Crippen LogP contribution in [0.15, 0.2) is 48.5 Å². The fraction of sp³-hybridized carbons (Fsp3) is 0.435. The monoisotopic (exact) mass is 397 g/mol. The maximum absolute atomic E-state index is 13.2. The Balaban J connectivity index is 1.76. The Morgan fingerprint density at radius 2 is 1.59 bits per heavy atom. The van der Waals surface area contributed by atoms with Crippen LogP contribution in [0.3, 0.4) is 0 Å². The van der Waals surface area contributed by atoms with E-state index < -0.39 is 0 Å². The van der Waals surface area contributed by atoms with Gasteiger partial charge in [0.15, 0.2) is 0 Å². The van der Waals surface area contributed by atoms with E-state index in [0.29, 0.717) is 19.7 Å². The molecule has 29 heavy (non-hydrogen) atoms. The zero-order chi connectivity index (χ0) is 20.6. The highest BCUT2D eigenvalue weighted by atomic mass is 16.5. The Bertz CT molecular complexity index is 769. The van der Waals surface area contributed by atoms with Gasteiger partial charge in [0.25, 0.3) is 0 Å². The number of benzene rings is 2. The van der Waals surface area contributed by atoms with Crippen LogP contribution in [0.4, 0.5) is 5.69 Å². The summed E-state index contributed by atoms with van der Waals surface area (Å²) in [6.45, 7) is 7.36. The predicted octanol–water partition coefficient (Wildman–Crippen LogP) is 2.87. The van der Waals surface area contributed by atoms with Gasteiger partial charge in [-0.15, -0.1) is 0 Å². The van der Waals surface area contributed by atoms with Crippen molar-refractivity contribution in [3.8, 4) is 11.5 Å². The zero-order valence-electron chi connectivity index (χ0n) is 17.6. The Morgan fingerprint density at radius 1 is 0.966 bits per heavy atom. The summed E-state index contributed by atoms with van der Waals surface area (Å²) in [5, 5.41) is 0. The highest BCUT2D eigenvalue weighted by Gasteiger charge is 2.22. The molecule has 0 spiro atoms. The molecular formula is C23H31N3O3. The summed E-state index contributed by atoms with van der Waals surface area (Å²) in [5.74, 6) is 1.73. The fourth-order valence-corrected chi connectivity index (χ4v) is 3.41. The van der Waals surface area contributed by atoms with E-state index in [2.05, 4.69) is 16.8 Å². The first-order valence-corrected chi connectivity index (χ1v) is 10.2. The summed E-state index contributed by atoms with van der Waals surface area (Å²) < 4.78 is 10.8. The van der Waals surface area contributed by atoms with Crippen LogP contribution in [0.1, 0.15) is 12.5 Å². The smallest absolute Gasteiger partial charge is 0.241 e. The van der Waals surface area contributed by atoms with Crippen molar-refractivity contribution in [3.63, 3.8) is 0 Å². The van der Waals surface area contributed by atoms with Crippen LogP contribution in [-0.2, 0) is 11.3 Å². The number of rotatable bonds is 8. The van der Waals surface area contributed by atoms with Gasteiger partial charge < -0.3 is 19.3 Å². The lowest BCUT2D eigenvalue weighted by atomic mass is 10.1. The van der Waals surface area contributed by atoms with Gasteiger partial charge in [-0.3, -0.25) is 9.69 Å². The molecule has 0 aliphatic carbocycles. The molecule has 0 N–H and O–H groups in total. The summed E-state index contributed by atoms with van der Waals surface area (Å²) in [7, 11) is 3.77. The molecule has 0 radical (unpaired) electrons. The van der Waals surface area contributed by atoms with Crippen molar-refractivity contribution in [2.45, 2.75) is 13.5 Å². The molecule has 0 saturated carbocycles. The molecule has 156 valence electrons. The average molecular weight is 398 g/mol. The molecule has 2 aromatic rings. The fourth-order valence-electron chi connectivity index (χ4n) is 3.41. The van der Waals surface area contributed by atoms with Gasteiger partial charge in [0.2, 0.25) is 5.91 Å². The Morgan fingerprint density at radius 3 is 2.17 bits per heavy atom. The molecule has 0 bridgehead atoms. The first-order chi connectivity index (χ1) is 14.1. The first kappa shape index (κ1) is 21.1. The van der Waals surface area contributed by atoms with Gasteiger partial charge in [0, 0.05) is 31.9 Å². The second-order valence-corrected chi connectivity index (χ2v) is 7.33. The topological polar surface area (TPSA) is 45.3 Å². The average Bonchev–Trinajstić information content (AvgIpc) is 2.75. The minimum absolute atomic E-state index is 0.106. The molecule has 6 heteroatoms. The van der Waals surface area contributed by atoms with E-state index in [1.165, 1.54) is 0 Å². The zero-order valence-corrected chi connectivity index (χ0v) is 17.6. The summed E-state index contributed by atoms with van der Waals surface area (Å²) >= 11 is 0. The Kier molecular flexibility index (Phi) is 7.49. The standard InChI is InChI=1S/C23H31N3O3/c1-4-29-22-11-7-20(8-12-22)26(17-19-5-9-21(28-3)10-6-19)23(27)18-25-15-13-24(2)14-16-25/h5-12H,4,13-18H2,1-3H3. The molecule has 3 rings (SSSR count). The third-order valence-corrected chi connectivity index (χ3v) is 5.21. The normalized spacial score (nSPS) is 15.1. The van der Waals surface area contributed by atoms with Gasteiger partial charge in [-0.25, -0.2) is 0 Å². The van der Waals surface area contributed by atoms with Crippen molar-refractivity contribution in [1.29, 1.82) is 0 Å². The van der Waals surface area contributed by atoms with Gasteiger partial charge in [0.05, 0.1) is 26.8 Å². The molecule has 1 heterocycles. The molecule has 1 fully saturated rings. The molecule has 2 aromatic carbocycles. The van der Waals surface area contributed by atoms with E-state index in [-0.39, 0.29) is 5.91 Å². The van der Waals surface area contributed by atoms with Gasteiger partial charge in [-0.1, -0.05) is 12.1 Å². The maximum Gasteiger partial charge on any atom is 0.241 e. The van der Waals surface area contributed by atoms with Crippen molar-refractivity contribution in [2.24, 2.45) is 0 Å². The molecule has 0 unspecified atom stereocenters. The van der Waals surface area contributed by atoms with E-state index in [1.54, 1.807) is 7.11 Å². The molecule has 0 aromatic heterocycles. The lowest BCUT2D eigenvalue weighted by molar-refractivity contribution is -0.120. The number of amides is 1. The second-order valence-electron chi connectivity index (χ2n) is 7.33. The van der Waals surface area contributed by atoms with E-state index in [4.69, 9.17) is 9.47 Å². The SMILES string of the molecule is CCOc1ccc(N(Cc2ccc(OC)cc2)C(=O)CN2CCN(C)CC2)cc1. The highest BCUT2D eigenvalue weighted by molar-refractivity contribution is 5.94. The van der Waals surface area contributed by atoms with E-state index >= 15 is 0 Å². The second kappa shape index (κ2) is 10.3. The molecule has 1 aliphatic heterocycles. The van der Waals surface area contributed by atoms with Crippen LogP contribution < -0.4 is 14.4 Å². The van der Waals surface area contributed by atoms with Crippen molar-refractivity contribution in [2.75, 3.05) is 58.4 Å². The lowest BCUT2D eigenvalue weighted by Gasteiger charge is -2.33. The molecule has 1 aliphatic rings. The number of nitrogens with zero attached hydrogens (tertiary/aromatic N) is 3. The summed E-state index contributed by atoms with van der Waals surface area (Å²) in [4.78, 5) is 19.6. The van der Waals surface area contributed by atoms with Crippen LogP contribution in [0.2, 0.25) is 0 Å². The number of likely N-dealkylation sites (N-methyl/N-ethyl adjacent to an activating group) is 1. The minimum atomic E-state index is 0.106. The number of methoxy groups -OCH3 is 1. The Hall–Kier alpha value is -2.57. The number of hydrogen-bond acceptors (Lipinski definition) is 5. The molecule has 6 nitrogen and oxygen atoms in total. The third-order valence-electron chi connectivity index (χ3n) is 5.21. The molecular weight excluding hydrogens is 366 g/mol. The van der Waals surface area contributed by atoms with Crippen LogP contribution >= 0.6 is 0 Å². The Labute approximate surface area is 173 Å². The largest absolute Gasteiger partial charge is 0.497 e. The summed E-state index contributed by atoms with van der Waals surface area (Å²) in [5.41, 5.74) is 1.94.